The first kappa shape index (κ1) is 24.8. The van der Waals surface area contributed by atoms with E-state index >= 15 is 0 Å². The van der Waals surface area contributed by atoms with Crippen molar-refractivity contribution in [2.45, 2.75) is 6.18 Å². The zero-order valence-electron chi connectivity index (χ0n) is 18.1. The molecule has 0 spiro atoms. The Labute approximate surface area is 190 Å². The van der Waals surface area contributed by atoms with Crippen molar-refractivity contribution in [2.75, 3.05) is 56.0 Å². The third-order valence-corrected chi connectivity index (χ3v) is 7.12. The predicted molar refractivity (Wildman–Crippen MR) is 117 cm³/mol. The molecule has 0 bridgehead atoms. The number of para-hydroxylation sites is 1. The van der Waals surface area contributed by atoms with Gasteiger partial charge in [0.1, 0.15) is 12.4 Å². The minimum atomic E-state index is -4.46. The van der Waals surface area contributed by atoms with E-state index in [2.05, 4.69) is 0 Å². The fourth-order valence-corrected chi connectivity index (χ4v) is 4.52. The quantitative estimate of drug-likeness (QED) is 0.587. The molecule has 0 aromatic heterocycles. The number of anilines is 2. The molecule has 1 fully saturated rings. The van der Waals surface area contributed by atoms with Crippen LogP contribution >= 0.6 is 0 Å². The summed E-state index contributed by atoms with van der Waals surface area (Å²) in [6.07, 6.45) is -4.46. The second kappa shape index (κ2) is 9.56. The molecule has 1 heterocycles. The third-order valence-electron chi connectivity index (χ3n) is 5.31. The summed E-state index contributed by atoms with van der Waals surface area (Å²) in [4.78, 5) is 16.0. The lowest BCUT2D eigenvalue weighted by atomic mass is 10.1. The van der Waals surface area contributed by atoms with Crippen LogP contribution in [0.3, 0.4) is 0 Å². The average Bonchev–Trinajstić information content (AvgIpc) is 2.77. The van der Waals surface area contributed by atoms with Crippen molar-refractivity contribution in [1.29, 1.82) is 0 Å². The van der Waals surface area contributed by atoms with Gasteiger partial charge >= 0.3 is 16.4 Å². The summed E-state index contributed by atoms with van der Waals surface area (Å²) < 4.78 is 80.4. The number of rotatable bonds is 6. The van der Waals surface area contributed by atoms with Gasteiger partial charge in [0.05, 0.1) is 11.3 Å². The van der Waals surface area contributed by atoms with Crippen molar-refractivity contribution < 1.29 is 30.8 Å². The first-order valence-corrected chi connectivity index (χ1v) is 11.5. The SMILES string of the molecule is CN(C)S(=O)(=O)N(CC(=O)N1CCN(c2cccc(C(F)(F)F)c2)CC1)c1ccccc1F. The first-order valence-electron chi connectivity index (χ1n) is 10.1. The van der Waals surface area contributed by atoms with E-state index in [1.165, 1.54) is 43.3 Å². The van der Waals surface area contributed by atoms with E-state index in [1.807, 2.05) is 0 Å². The minimum Gasteiger partial charge on any atom is -0.368 e. The molecule has 1 amide bonds. The molecule has 2 aromatic rings. The van der Waals surface area contributed by atoms with Crippen LogP contribution in [0.4, 0.5) is 28.9 Å². The fraction of sp³-hybridized carbons (Fsp3) is 0.381. The van der Waals surface area contributed by atoms with Gasteiger partial charge in [-0.15, -0.1) is 0 Å². The highest BCUT2D eigenvalue weighted by atomic mass is 32.2. The molecule has 3 rings (SSSR count). The fourth-order valence-electron chi connectivity index (χ4n) is 3.46. The van der Waals surface area contributed by atoms with Crippen LogP contribution in [0.5, 0.6) is 0 Å². The highest BCUT2D eigenvalue weighted by molar-refractivity contribution is 7.90. The lowest BCUT2D eigenvalue weighted by Crippen LogP contribution is -2.53. The average molecular weight is 489 g/mol. The van der Waals surface area contributed by atoms with Crippen molar-refractivity contribution in [3.63, 3.8) is 0 Å². The number of piperazine rings is 1. The maximum Gasteiger partial charge on any atom is 0.416 e. The van der Waals surface area contributed by atoms with Crippen LogP contribution in [-0.2, 0) is 21.2 Å². The third kappa shape index (κ3) is 5.56. The van der Waals surface area contributed by atoms with Crippen LogP contribution in [0.15, 0.2) is 48.5 Å². The summed E-state index contributed by atoms with van der Waals surface area (Å²) in [6, 6.07) is 10.2. The van der Waals surface area contributed by atoms with Crippen LogP contribution in [0.2, 0.25) is 0 Å². The van der Waals surface area contributed by atoms with E-state index in [4.69, 9.17) is 0 Å². The van der Waals surface area contributed by atoms with Crippen molar-refractivity contribution in [3.8, 4) is 0 Å². The Balaban J connectivity index is 1.72. The first-order chi connectivity index (χ1) is 15.4. The van der Waals surface area contributed by atoms with Gasteiger partial charge in [-0.25, -0.2) is 8.70 Å². The molecule has 33 heavy (non-hydrogen) atoms. The van der Waals surface area contributed by atoms with Gasteiger partial charge in [-0.1, -0.05) is 18.2 Å². The van der Waals surface area contributed by atoms with Crippen LogP contribution in [0, 0.1) is 5.82 Å². The van der Waals surface area contributed by atoms with E-state index in [0.29, 0.717) is 9.99 Å². The van der Waals surface area contributed by atoms with Gasteiger partial charge in [-0.3, -0.25) is 4.79 Å². The van der Waals surface area contributed by atoms with Crippen LogP contribution in [0.1, 0.15) is 5.56 Å². The van der Waals surface area contributed by atoms with Gasteiger partial charge in [0.25, 0.3) is 0 Å². The second-order valence-corrected chi connectivity index (χ2v) is 9.73. The highest BCUT2D eigenvalue weighted by Gasteiger charge is 2.33. The van der Waals surface area contributed by atoms with Crippen molar-refractivity contribution in [1.82, 2.24) is 9.21 Å². The van der Waals surface area contributed by atoms with Crippen LogP contribution < -0.4 is 9.21 Å². The van der Waals surface area contributed by atoms with Gasteiger partial charge in [0, 0.05) is 46.0 Å². The molecule has 12 heteroatoms. The topological polar surface area (TPSA) is 64.2 Å². The molecule has 1 aliphatic heterocycles. The summed E-state index contributed by atoms with van der Waals surface area (Å²) in [5.41, 5.74) is -0.616. The molecule has 0 atom stereocenters. The summed E-state index contributed by atoms with van der Waals surface area (Å²) >= 11 is 0. The molecule has 0 unspecified atom stereocenters. The van der Waals surface area contributed by atoms with Gasteiger partial charge in [0.2, 0.25) is 5.91 Å². The van der Waals surface area contributed by atoms with E-state index in [-0.39, 0.29) is 31.9 Å². The Morgan fingerprint density at radius 2 is 1.64 bits per heavy atom. The molecule has 0 radical (unpaired) electrons. The van der Waals surface area contributed by atoms with Crippen LogP contribution in [0.25, 0.3) is 0 Å². The van der Waals surface area contributed by atoms with Gasteiger partial charge < -0.3 is 9.80 Å². The number of halogens is 4. The Bertz CT molecular complexity index is 1100. The monoisotopic (exact) mass is 488 g/mol. The molecular formula is C21H24F4N4O3S. The molecule has 7 nitrogen and oxygen atoms in total. The molecule has 1 saturated heterocycles. The molecule has 1 aliphatic rings. The number of alkyl halides is 3. The Morgan fingerprint density at radius 1 is 1.00 bits per heavy atom. The van der Waals surface area contributed by atoms with Gasteiger partial charge in [-0.05, 0) is 30.3 Å². The summed E-state index contributed by atoms with van der Waals surface area (Å²) in [5.74, 6) is -1.32. The highest BCUT2D eigenvalue weighted by Crippen LogP contribution is 2.32. The molecule has 0 N–H and O–H groups in total. The minimum absolute atomic E-state index is 0.183. The Hall–Kier alpha value is -2.86. The van der Waals surface area contributed by atoms with E-state index < -0.39 is 40.2 Å². The van der Waals surface area contributed by atoms with Crippen molar-refractivity contribution >= 4 is 27.5 Å². The zero-order chi connectivity index (χ0) is 24.4. The maximum atomic E-state index is 14.3. The number of carbonyl (C=O) groups excluding carboxylic acids is 1. The molecule has 180 valence electrons. The predicted octanol–water partition coefficient (Wildman–Crippen LogP) is 2.81. The lowest BCUT2D eigenvalue weighted by Gasteiger charge is -2.37. The largest absolute Gasteiger partial charge is 0.416 e. The molecular weight excluding hydrogens is 464 g/mol. The number of hydrogen-bond acceptors (Lipinski definition) is 4. The molecule has 0 aliphatic carbocycles. The number of nitrogens with zero attached hydrogens (tertiary/aromatic N) is 4. The van der Waals surface area contributed by atoms with Crippen molar-refractivity contribution in [3.05, 3.63) is 59.9 Å². The van der Waals surface area contributed by atoms with Crippen LogP contribution in [-0.4, -0.2) is 70.3 Å². The Kier molecular flexibility index (Phi) is 7.17. The number of hydrogen-bond donors (Lipinski definition) is 0. The number of amides is 1. The lowest BCUT2D eigenvalue weighted by molar-refractivity contribution is -0.137. The number of benzene rings is 2. The van der Waals surface area contributed by atoms with Gasteiger partial charge in [-0.2, -0.15) is 25.9 Å². The molecule has 0 saturated carbocycles. The summed E-state index contributed by atoms with van der Waals surface area (Å²) in [5, 5.41) is 0. The van der Waals surface area contributed by atoms with Crippen molar-refractivity contribution in [2.24, 2.45) is 0 Å². The van der Waals surface area contributed by atoms with Gasteiger partial charge in [0.15, 0.2) is 0 Å². The van der Waals surface area contributed by atoms with E-state index in [0.717, 1.165) is 22.5 Å². The van der Waals surface area contributed by atoms with E-state index in [9.17, 15) is 30.8 Å². The maximum absolute atomic E-state index is 14.3. The summed E-state index contributed by atoms with van der Waals surface area (Å²) in [7, 11) is -1.60. The second-order valence-electron chi connectivity index (χ2n) is 7.66. The normalized spacial score (nSPS) is 15.1. The zero-order valence-corrected chi connectivity index (χ0v) is 18.9. The number of carbonyl (C=O) groups is 1. The smallest absolute Gasteiger partial charge is 0.368 e. The summed E-state index contributed by atoms with van der Waals surface area (Å²) in [6.45, 7) is 0.301. The van der Waals surface area contributed by atoms with E-state index in [1.54, 1.807) is 11.0 Å². The molecule has 2 aromatic carbocycles. The Morgan fingerprint density at radius 3 is 2.21 bits per heavy atom. The standard InChI is InChI=1S/C21H24F4N4O3S/c1-26(2)33(31,32)29(19-9-4-3-8-18(19)22)15-20(30)28-12-10-27(11-13-28)17-7-5-6-16(14-17)21(23,24)25/h3-9,14H,10-13,15H2,1-2H3.